The van der Waals surface area contributed by atoms with Gasteiger partial charge in [-0.1, -0.05) is 65.3 Å². The molecule has 0 radical (unpaired) electrons. The van der Waals surface area contributed by atoms with E-state index < -0.39 is 0 Å². The molecule has 0 bridgehead atoms. The number of aryl methyl sites for hydroxylation is 1. The van der Waals surface area contributed by atoms with E-state index in [2.05, 4.69) is 15.1 Å². The topological polar surface area (TPSA) is 73.8 Å². The van der Waals surface area contributed by atoms with Crippen molar-refractivity contribution >= 4 is 21.6 Å². The molecular weight excluding hydrogens is 384 g/mol. The average Bonchev–Trinajstić information content (AvgIpc) is 3.39. The zero-order valence-electron chi connectivity index (χ0n) is 15.6. The van der Waals surface area contributed by atoms with Crippen LogP contribution >= 0.6 is 11.3 Å². The highest BCUT2D eigenvalue weighted by molar-refractivity contribution is 7.21. The van der Waals surface area contributed by atoms with Crippen LogP contribution in [-0.2, 0) is 6.54 Å². The van der Waals surface area contributed by atoms with Crippen molar-refractivity contribution in [3.8, 4) is 21.8 Å². The second kappa shape index (κ2) is 7.10. The van der Waals surface area contributed by atoms with Gasteiger partial charge in [0.1, 0.15) is 11.4 Å². The Morgan fingerprint density at radius 1 is 1.03 bits per heavy atom. The summed E-state index contributed by atoms with van der Waals surface area (Å²) >= 11 is 1.51. The Morgan fingerprint density at radius 2 is 1.83 bits per heavy atom. The summed E-state index contributed by atoms with van der Waals surface area (Å²) in [6, 6.07) is 19.7. The maximum atomic E-state index is 12.9. The highest BCUT2D eigenvalue weighted by atomic mass is 32.1. The molecule has 5 aromatic rings. The second-order valence-corrected chi connectivity index (χ2v) is 7.78. The van der Waals surface area contributed by atoms with Crippen LogP contribution in [0.4, 0.5) is 0 Å². The van der Waals surface area contributed by atoms with Gasteiger partial charge >= 0.3 is 0 Å². The fraction of sp³-hybridized carbons (Fsp3) is 0.0909. The number of nitrogens with zero attached hydrogens (tertiary/aromatic N) is 4. The lowest BCUT2D eigenvalue weighted by Gasteiger charge is -2.00. The fourth-order valence-corrected chi connectivity index (χ4v) is 4.10. The highest BCUT2D eigenvalue weighted by Gasteiger charge is 2.13. The molecule has 0 aliphatic carbocycles. The van der Waals surface area contributed by atoms with Crippen LogP contribution in [-0.4, -0.2) is 19.7 Å². The van der Waals surface area contributed by atoms with E-state index in [1.165, 1.54) is 22.2 Å². The summed E-state index contributed by atoms with van der Waals surface area (Å²) < 4.78 is 6.85. The van der Waals surface area contributed by atoms with E-state index in [1.807, 2.05) is 67.6 Å². The van der Waals surface area contributed by atoms with Crippen molar-refractivity contribution in [2.24, 2.45) is 0 Å². The van der Waals surface area contributed by atoms with E-state index in [0.717, 1.165) is 26.4 Å². The smallest absolute Gasteiger partial charge is 0.262 e. The Bertz CT molecular complexity index is 1350. The maximum absolute atomic E-state index is 12.9. The van der Waals surface area contributed by atoms with Gasteiger partial charge in [0.05, 0.1) is 11.7 Å². The molecule has 0 saturated heterocycles. The molecule has 142 valence electrons. The van der Waals surface area contributed by atoms with Crippen LogP contribution in [0.5, 0.6) is 0 Å². The van der Waals surface area contributed by atoms with Crippen molar-refractivity contribution in [1.29, 1.82) is 0 Å². The van der Waals surface area contributed by atoms with Gasteiger partial charge in [-0.2, -0.15) is 4.98 Å². The Hall–Kier alpha value is -3.58. The first-order valence-corrected chi connectivity index (χ1v) is 9.93. The molecule has 3 aromatic heterocycles. The standard InChI is InChI=1S/C22H16N4O2S/c1-14-7-9-16(10-8-14)20-24-19(28-25-20)12-26-13-23-21-17(22(26)27)11-18(29-21)15-5-3-2-4-6-15/h2-11,13H,12H2,1H3. The van der Waals surface area contributed by atoms with Gasteiger partial charge in [-0.15, -0.1) is 11.3 Å². The molecule has 6 nitrogen and oxygen atoms in total. The molecule has 0 fully saturated rings. The molecule has 0 atom stereocenters. The molecule has 0 aliphatic heterocycles. The van der Waals surface area contributed by atoms with E-state index in [-0.39, 0.29) is 12.1 Å². The molecule has 0 spiro atoms. The minimum atomic E-state index is -0.122. The van der Waals surface area contributed by atoms with Gasteiger partial charge in [-0.3, -0.25) is 9.36 Å². The van der Waals surface area contributed by atoms with E-state index in [0.29, 0.717) is 17.1 Å². The third kappa shape index (κ3) is 3.36. The predicted octanol–water partition coefficient (Wildman–Crippen LogP) is 4.53. The summed E-state index contributed by atoms with van der Waals surface area (Å²) in [5, 5.41) is 4.62. The van der Waals surface area contributed by atoms with Gasteiger partial charge in [0, 0.05) is 10.4 Å². The zero-order chi connectivity index (χ0) is 19.8. The number of benzene rings is 2. The summed E-state index contributed by atoms with van der Waals surface area (Å²) in [4.78, 5) is 23.5. The quantitative estimate of drug-likeness (QED) is 0.443. The number of hydrogen-bond acceptors (Lipinski definition) is 6. The first-order chi connectivity index (χ1) is 14.2. The van der Waals surface area contributed by atoms with Gasteiger partial charge < -0.3 is 4.52 Å². The number of hydrogen-bond donors (Lipinski definition) is 0. The van der Waals surface area contributed by atoms with Gasteiger partial charge in [0.2, 0.25) is 11.7 Å². The van der Waals surface area contributed by atoms with Crippen LogP contribution in [0.25, 0.3) is 32.0 Å². The van der Waals surface area contributed by atoms with Gasteiger partial charge in [-0.05, 0) is 18.6 Å². The molecule has 2 aromatic carbocycles. The van der Waals surface area contributed by atoms with Crippen molar-refractivity contribution in [2.75, 3.05) is 0 Å². The predicted molar refractivity (Wildman–Crippen MR) is 113 cm³/mol. The minimum Gasteiger partial charge on any atom is -0.337 e. The molecule has 29 heavy (non-hydrogen) atoms. The maximum Gasteiger partial charge on any atom is 0.262 e. The van der Waals surface area contributed by atoms with E-state index in [1.54, 1.807) is 0 Å². The van der Waals surface area contributed by atoms with E-state index in [4.69, 9.17) is 4.52 Å². The summed E-state index contributed by atoms with van der Waals surface area (Å²) in [7, 11) is 0. The average molecular weight is 400 g/mol. The third-order valence-corrected chi connectivity index (χ3v) is 5.75. The summed E-state index contributed by atoms with van der Waals surface area (Å²) in [5.41, 5.74) is 2.98. The van der Waals surface area contributed by atoms with E-state index in [9.17, 15) is 4.79 Å². The van der Waals surface area contributed by atoms with Crippen LogP contribution in [0.1, 0.15) is 11.5 Å². The lowest BCUT2D eigenvalue weighted by atomic mass is 10.1. The van der Waals surface area contributed by atoms with Crippen LogP contribution in [0.2, 0.25) is 0 Å². The highest BCUT2D eigenvalue weighted by Crippen LogP contribution is 2.30. The minimum absolute atomic E-state index is 0.122. The molecule has 5 rings (SSSR count). The van der Waals surface area contributed by atoms with Gasteiger partial charge in [0.25, 0.3) is 5.56 Å². The molecule has 7 heteroatoms. The van der Waals surface area contributed by atoms with Gasteiger partial charge in [-0.25, -0.2) is 4.98 Å². The monoisotopic (exact) mass is 400 g/mol. The zero-order valence-corrected chi connectivity index (χ0v) is 16.4. The Morgan fingerprint density at radius 3 is 2.62 bits per heavy atom. The first kappa shape index (κ1) is 17.5. The molecule has 0 amide bonds. The van der Waals surface area contributed by atoms with Crippen molar-refractivity contribution in [3.63, 3.8) is 0 Å². The van der Waals surface area contributed by atoms with Crippen LogP contribution in [0, 0.1) is 6.92 Å². The second-order valence-electron chi connectivity index (χ2n) is 6.75. The molecule has 0 aliphatic rings. The van der Waals surface area contributed by atoms with Crippen molar-refractivity contribution in [2.45, 2.75) is 13.5 Å². The van der Waals surface area contributed by atoms with Crippen molar-refractivity contribution in [1.82, 2.24) is 19.7 Å². The first-order valence-electron chi connectivity index (χ1n) is 9.11. The number of thiophene rings is 1. The molecular formula is C22H16N4O2S. The van der Waals surface area contributed by atoms with Crippen LogP contribution < -0.4 is 5.56 Å². The molecule has 0 saturated carbocycles. The molecule has 0 unspecified atom stereocenters. The van der Waals surface area contributed by atoms with Crippen molar-refractivity contribution < 1.29 is 4.52 Å². The molecule has 0 N–H and O–H groups in total. The normalized spacial score (nSPS) is 11.2. The number of fused-ring (bicyclic) bond motifs is 1. The molecule has 3 heterocycles. The van der Waals surface area contributed by atoms with Crippen LogP contribution in [0.3, 0.4) is 0 Å². The fourth-order valence-electron chi connectivity index (χ4n) is 3.10. The van der Waals surface area contributed by atoms with Crippen molar-refractivity contribution in [3.05, 3.63) is 88.8 Å². The SMILES string of the molecule is Cc1ccc(-c2noc(Cn3cnc4sc(-c5ccccc5)cc4c3=O)n2)cc1. The summed E-state index contributed by atoms with van der Waals surface area (Å²) in [5.74, 6) is 0.867. The lowest BCUT2D eigenvalue weighted by molar-refractivity contribution is 0.369. The largest absolute Gasteiger partial charge is 0.337 e. The number of aromatic nitrogens is 4. The van der Waals surface area contributed by atoms with Crippen LogP contribution in [0.15, 0.2) is 76.3 Å². The lowest BCUT2D eigenvalue weighted by Crippen LogP contribution is -2.20. The summed E-state index contributed by atoms with van der Waals surface area (Å²) in [6.07, 6.45) is 1.53. The number of rotatable bonds is 4. The Kier molecular flexibility index (Phi) is 4.29. The van der Waals surface area contributed by atoms with E-state index >= 15 is 0 Å². The van der Waals surface area contributed by atoms with Gasteiger partial charge in [0.15, 0.2) is 0 Å². The Balaban J connectivity index is 1.46. The Labute approximate surface area is 170 Å². The summed E-state index contributed by atoms with van der Waals surface area (Å²) in [6.45, 7) is 2.20. The third-order valence-electron chi connectivity index (χ3n) is 4.66.